The second kappa shape index (κ2) is 52.7. The molecule has 66 heavy (non-hydrogen) atoms. The van der Waals surface area contributed by atoms with Crippen LogP contribution in [0.25, 0.3) is 0 Å². The van der Waals surface area contributed by atoms with Gasteiger partial charge in [0.2, 0.25) is 0 Å². The quantitative estimate of drug-likeness (QED) is 0.0199. The van der Waals surface area contributed by atoms with Crippen LogP contribution in [0.1, 0.15) is 181 Å². The number of unbranched alkanes of at least 4 members (excludes halogenated alkanes) is 8. The van der Waals surface area contributed by atoms with Crippen LogP contribution in [0.2, 0.25) is 0 Å². The van der Waals surface area contributed by atoms with Crippen molar-refractivity contribution in [2.75, 3.05) is 13.2 Å². The molecule has 0 aliphatic heterocycles. The first-order valence-corrected chi connectivity index (χ1v) is 25.5. The maximum absolute atomic E-state index is 12.8. The molecule has 6 nitrogen and oxygen atoms in total. The van der Waals surface area contributed by atoms with Gasteiger partial charge in [-0.3, -0.25) is 14.4 Å². The fourth-order valence-corrected chi connectivity index (χ4v) is 6.10. The van der Waals surface area contributed by atoms with E-state index in [-0.39, 0.29) is 31.6 Å². The summed E-state index contributed by atoms with van der Waals surface area (Å²) >= 11 is 0. The zero-order valence-electron chi connectivity index (χ0n) is 41.6. The van der Waals surface area contributed by atoms with Crippen LogP contribution >= 0.6 is 0 Å². The van der Waals surface area contributed by atoms with E-state index in [9.17, 15) is 14.4 Å². The largest absolute Gasteiger partial charge is 0.462 e. The number of hydrogen-bond donors (Lipinski definition) is 0. The second-order valence-electron chi connectivity index (χ2n) is 16.0. The molecule has 366 valence electrons. The SMILES string of the molecule is CC/C=C/C=C/C=C/CCCCCCCC(=O)OCC(COC(=O)CCCCC/C=C/C/C=C/C/C=C/C/C=C/C/C=C/CC)OC(=O)CC/C=C/C/C=C/C/C=C/C/C=C/C/C=C/CC. The lowest BCUT2D eigenvalue weighted by atomic mass is 10.1. The van der Waals surface area contributed by atoms with Gasteiger partial charge >= 0.3 is 17.9 Å². The summed E-state index contributed by atoms with van der Waals surface area (Å²) in [5.74, 6) is -1.09. The summed E-state index contributed by atoms with van der Waals surface area (Å²) in [7, 11) is 0. The van der Waals surface area contributed by atoms with Gasteiger partial charge in [0.25, 0.3) is 0 Å². The van der Waals surface area contributed by atoms with Gasteiger partial charge in [-0.05, 0) is 116 Å². The van der Waals surface area contributed by atoms with E-state index in [0.29, 0.717) is 19.3 Å². The summed E-state index contributed by atoms with van der Waals surface area (Å²) in [5.41, 5.74) is 0. The minimum Gasteiger partial charge on any atom is -0.462 e. The molecule has 0 N–H and O–H groups in total. The third kappa shape index (κ3) is 50.0. The molecule has 0 spiro atoms. The van der Waals surface area contributed by atoms with Gasteiger partial charge < -0.3 is 14.2 Å². The van der Waals surface area contributed by atoms with Gasteiger partial charge in [-0.15, -0.1) is 0 Å². The monoisotopic (exact) mass is 907 g/mol. The van der Waals surface area contributed by atoms with Crippen molar-refractivity contribution < 1.29 is 28.6 Å². The molecule has 0 aliphatic rings. The van der Waals surface area contributed by atoms with E-state index < -0.39 is 12.1 Å². The molecule has 0 heterocycles. The van der Waals surface area contributed by atoms with Gasteiger partial charge in [0.1, 0.15) is 13.2 Å². The molecular weight excluding hydrogens is 817 g/mol. The van der Waals surface area contributed by atoms with Crippen molar-refractivity contribution in [1.29, 1.82) is 0 Å². The third-order valence-electron chi connectivity index (χ3n) is 9.83. The van der Waals surface area contributed by atoms with Gasteiger partial charge in [0.05, 0.1) is 0 Å². The standard InChI is InChI=1S/C60H90O6/c1-4-7-10-13-16-19-22-25-27-29-30-31-33-35-38-41-44-47-50-53-59(62)65-56-57(55-64-58(61)52-49-46-43-40-37-34-24-21-18-15-12-9-6-3)66-60(63)54-51-48-45-42-39-36-32-28-26-23-20-17-14-11-8-5-2/h7-12,15-21,24-28,30-31,35-36,38-39,45,48,57H,4-6,13-14,22-23,29,32-34,37,40-44,46-47,49-56H2,1-3H3/b10-7+,11-8+,12-9+,18-15+,19-16+,20-17+,24-21+,27-25+,28-26+,31-30+,38-35+,39-36+,48-45+. The average Bonchev–Trinajstić information content (AvgIpc) is 3.31. The third-order valence-corrected chi connectivity index (χ3v) is 9.83. The molecule has 6 heteroatoms. The van der Waals surface area contributed by atoms with Gasteiger partial charge in [0, 0.05) is 19.3 Å². The van der Waals surface area contributed by atoms with Gasteiger partial charge in [-0.2, -0.15) is 0 Å². The van der Waals surface area contributed by atoms with E-state index in [2.05, 4.69) is 161 Å². The summed E-state index contributed by atoms with van der Waals surface area (Å²) in [6.45, 7) is 6.13. The molecule has 1 atom stereocenters. The van der Waals surface area contributed by atoms with Gasteiger partial charge in [-0.25, -0.2) is 0 Å². The summed E-state index contributed by atoms with van der Waals surface area (Å²) < 4.78 is 16.7. The van der Waals surface area contributed by atoms with E-state index >= 15 is 0 Å². The van der Waals surface area contributed by atoms with Crippen LogP contribution < -0.4 is 0 Å². The van der Waals surface area contributed by atoms with Crippen molar-refractivity contribution in [3.05, 3.63) is 158 Å². The van der Waals surface area contributed by atoms with Crippen LogP contribution in [0, 0.1) is 0 Å². The lowest BCUT2D eigenvalue weighted by Crippen LogP contribution is -2.30. The Kier molecular flexibility index (Phi) is 48.7. The van der Waals surface area contributed by atoms with E-state index in [1.165, 1.54) is 0 Å². The fraction of sp³-hybridized carbons (Fsp3) is 0.517. The summed E-state index contributed by atoms with van der Waals surface area (Å²) in [5, 5.41) is 0. The van der Waals surface area contributed by atoms with E-state index in [1.54, 1.807) is 0 Å². The molecule has 0 rings (SSSR count). The van der Waals surface area contributed by atoms with Crippen LogP contribution in [-0.2, 0) is 28.6 Å². The van der Waals surface area contributed by atoms with E-state index in [4.69, 9.17) is 14.2 Å². The number of carbonyl (C=O) groups excluding carboxylic acids is 3. The Morgan fingerprint density at radius 3 is 1.09 bits per heavy atom. The molecule has 0 aliphatic carbocycles. The first kappa shape index (κ1) is 61.0. The molecule has 0 aromatic carbocycles. The van der Waals surface area contributed by atoms with E-state index in [1.807, 2.05) is 18.2 Å². The zero-order chi connectivity index (χ0) is 47.9. The van der Waals surface area contributed by atoms with Gasteiger partial charge in [-0.1, -0.05) is 204 Å². The van der Waals surface area contributed by atoms with Crippen molar-refractivity contribution >= 4 is 17.9 Å². The van der Waals surface area contributed by atoms with Crippen molar-refractivity contribution in [2.45, 2.75) is 187 Å². The Bertz CT molecular complexity index is 1560. The molecule has 0 radical (unpaired) electrons. The number of rotatable bonds is 43. The lowest BCUT2D eigenvalue weighted by molar-refractivity contribution is -0.166. The van der Waals surface area contributed by atoms with Crippen LogP contribution in [0.3, 0.4) is 0 Å². The maximum Gasteiger partial charge on any atom is 0.306 e. The second-order valence-corrected chi connectivity index (χ2v) is 16.0. The number of allylic oxidation sites excluding steroid dienone is 26. The van der Waals surface area contributed by atoms with Gasteiger partial charge in [0.15, 0.2) is 6.10 Å². The molecule has 1 unspecified atom stereocenters. The molecule has 0 aromatic heterocycles. The normalized spacial score (nSPS) is 13.4. The first-order valence-electron chi connectivity index (χ1n) is 25.5. The zero-order valence-corrected chi connectivity index (χ0v) is 41.6. The maximum atomic E-state index is 12.8. The summed E-state index contributed by atoms with van der Waals surface area (Å²) in [4.78, 5) is 38.0. The Balaban J connectivity index is 4.61. The number of ether oxygens (including phenoxy) is 3. The Labute approximate surface area is 403 Å². The van der Waals surface area contributed by atoms with Crippen LogP contribution in [0.15, 0.2) is 158 Å². The average molecular weight is 907 g/mol. The molecule has 0 amide bonds. The minimum atomic E-state index is -0.848. The number of hydrogen-bond acceptors (Lipinski definition) is 6. The van der Waals surface area contributed by atoms with Crippen LogP contribution in [0.5, 0.6) is 0 Å². The predicted octanol–water partition coefficient (Wildman–Crippen LogP) is 17.0. The highest BCUT2D eigenvalue weighted by molar-refractivity contribution is 5.71. The lowest BCUT2D eigenvalue weighted by Gasteiger charge is -2.18. The van der Waals surface area contributed by atoms with Crippen molar-refractivity contribution in [3.63, 3.8) is 0 Å². The molecular formula is C60H90O6. The number of esters is 3. The first-order chi connectivity index (χ1) is 32.5. The molecule has 0 bridgehead atoms. The minimum absolute atomic E-state index is 0.137. The van der Waals surface area contributed by atoms with E-state index in [0.717, 1.165) is 135 Å². The highest BCUT2D eigenvalue weighted by Gasteiger charge is 2.19. The molecule has 0 aromatic rings. The Morgan fingerprint density at radius 1 is 0.318 bits per heavy atom. The molecule has 0 fully saturated rings. The topological polar surface area (TPSA) is 78.9 Å². The summed E-state index contributed by atoms with van der Waals surface area (Å²) in [6, 6.07) is 0. The Morgan fingerprint density at radius 2 is 0.652 bits per heavy atom. The van der Waals surface area contributed by atoms with Crippen molar-refractivity contribution in [2.24, 2.45) is 0 Å². The Hall–Kier alpha value is -4.97. The van der Waals surface area contributed by atoms with Crippen molar-refractivity contribution in [1.82, 2.24) is 0 Å². The highest BCUT2D eigenvalue weighted by atomic mass is 16.6. The summed E-state index contributed by atoms with van der Waals surface area (Å²) in [6.07, 6.45) is 76.7. The number of carbonyl (C=O) groups is 3. The molecule has 0 saturated carbocycles. The predicted molar refractivity (Wildman–Crippen MR) is 283 cm³/mol. The van der Waals surface area contributed by atoms with Crippen LogP contribution in [0.4, 0.5) is 0 Å². The fourth-order valence-electron chi connectivity index (χ4n) is 6.10. The highest BCUT2D eigenvalue weighted by Crippen LogP contribution is 2.11. The molecule has 0 saturated heterocycles. The van der Waals surface area contributed by atoms with Crippen molar-refractivity contribution in [3.8, 4) is 0 Å². The van der Waals surface area contributed by atoms with Crippen LogP contribution in [-0.4, -0.2) is 37.2 Å². The smallest absolute Gasteiger partial charge is 0.306 e.